The van der Waals surface area contributed by atoms with Crippen molar-refractivity contribution in [2.75, 3.05) is 14.2 Å². The average Bonchev–Trinajstić information content (AvgIpc) is 2.56. The molecule has 0 bridgehead atoms. The lowest BCUT2D eigenvalue weighted by molar-refractivity contribution is -0.143. The number of allylic oxidation sites excluding steroid dienone is 1. The summed E-state index contributed by atoms with van der Waals surface area (Å²) in [5, 5.41) is 0. The highest BCUT2D eigenvalue weighted by Crippen LogP contribution is 2.31. The van der Waals surface area contributed by atoms with Crippen molar-refractivity contribution in [3.63, 3.8) is 0 Å². The molecule has 1 unspecified atom stereocenters. The number of ether oxygens (including phenoxy) is 2. The van der Waals surface area contributed by atoms with E-state index >= 15 is 0 Å². The summed E-state index contributed by atoms with van der Waals surface area (Å²) >= 11 is 0. The molecule has 0 aromatic heterocycles. The van der Waals surface area contributed by atoms with Gasteiger partial charge in [-0.05, 0) is 13.3 Å². The van der Waals surface area contributed by atoms with E-state index in [0.717, 1.165) is 0 Å². The molecule has 1 aliphatic carbocycles. The highest BCUT2D eigenvalue weighted by atomic mass is 16.5. The fourth-order valence-corrected chi connectivity index (χ4v) is 1.76. The van der Waals surface area contributed by atoms with E-state index in [1.807, 2.05) is 0 Å². The monoisotopic (exact) mass is 226 g/mol. The summed E-state index contributed by atoms with van der Waals surface area (Å²) in [6.45, 7) is 1.58. The van der Waals surface area contributed by atoms with Gasteiger partial charge in [-0.2, -0.15) is 0 Å². The molecule has 1 aliphatic rings. The van der Waals surface area contributed by atoms with Gasteiger partial charge in [-0.15, -0.1) is 0 Å². The van der Waals surface area contributed by atoms with Gasteiger partial charge in [-0.1, -0.05) is 0 Å². The van der Waals surface area contributed by atoms with Gasteiger partial charge in [0.1, 0.15) is 0 Å². The average molecular weight is 226 g/mol. The summed E-state index contributed by atoms with van der Waals surface area (Å²) in [5.74, 6) is -1.61. The molecule has 88 valence electrons. The molecule has 0 heterocycles. The first-order chi connectivity index (χ1) is 7.51. The van der Waals surface area contributed by atoms with Gasteiger partial charge in [0.2, 0.25) is 0 Å². The third-order valence-electron chi connectivity index (χ3n) is 2.72. The first kappa shape index (κ1) is 12.4. The number of esters is 2. The van der Waals surface area contributed by atoms with Crippen LogP contribution in [-0.4, -0.2) is 31.9 Å². The van der Waals surface area contributed by atoms with Crippen LogP contribution in [0.1, 0.15) is 19.8 Å². The van der Waals surface area contributed by atoms with Crippen LogP contribution in [0.5, 0.6) is 0 Å². The van der Waals surface area contributed by atoms with Gasteiger partial charge in [0.25, 0.3) is 0 Å². The Balaban J connectivity index is 2.77. The summed E-state index contributed by atoms with van der Waals surface area (Å²) in [6.07, 6.45) is 0.263. The van der Waals surface area contributed by atoms with E-state index < -0.39 is 17.9 Å². The molecule has 0 N–H and O–H groups in total. The van der Waals surface area contributed by atoms with E-state index in [0.29, 0.717) is 11.1 Å². The van der Waals surface area contributed by atoms with Crippen molar-refractivity contribution in [3.8, 4) is 0 Å². The largest absolute Gasteiger partial charge is 0.469 e. The first-order valence-electron chi connectivity index (χ1n) is 4.90. The van der Waals surface area contributed by atoms with Crippen molar-refractivity contribution in [1.29, 1.82) is 0 Å². The molecule has 0 aliphatic heterocycles. The second kappa shape index (κ2) is 4.92. The predicted molar refractivity (Wildman–Crippen MR) is 54.5 cm³/mol. The number of carbonyl (C=O) groups excluding carboxylic acids is 3. The summed E-state index contributed by atoms with van der Waals surface area (Å²) in [5.41, 5.74) is 0.752. The zero-order valence-electron chi connectivity index (χ0n) is 9.53. The van der Waals surface area contributed by atoms with Crippen LogP contribution in [0.2, 0.25) is 0 Å². The van der Waals surface area contributed by atoms with Crippen LogP contribution in [0.3, 0.4) is 0 Å². The molecular weight excluding hydrogens is 212 g/mol. The SMILES string of the molecule is COC(=O)CC1CC(C(=O)OC)=C(C)C1=O. The van der Waals surface area contributed by atoms with Crippen LogP contribution in [0, 0.1) is 5.92 Å². The molecule has 0 aromatic carbocycles. The lowest BCUT2D eigenvalue weighted by atomic mass is 10.00. The lowest BCUT2D eigenvalue weighted by Crippen LogP contribution is -2.15. The Bertz CT molecular complexity index is 367. The topological polar surface area (TPSA) is 69.7 Å². The molecule has 0 saturated carbocycles. The molecule has 16 heavy (non-hydrogen) atoms. The minimum absolute atomic E-state index is 0.00711. The molecule has 1 rings (SSSR count). The summed E-state index contributed by atoms with van der Waals surface area (Å²) in [6, 6.07) is 0. The number of hydrogen-bond acceptors (Lipinski definition) is 5. The van der Waals surface area contributed by atoms with E-state index in [-0.39, 0.29) is 18.6 Å². The number of carbonyl (C=O) groups is 3. The van der Waals surface area contributed by atoms with E-state index in [1.165, 1.54) is 14.2 Å². The molecule has 0 fully saturated rings. The molecule has 0 spiro atoms. The van der Waals surface area contributed by atoms with Gasteiger partial charge in [-0.25, -0.2) is 4.79 Å². The van der Waals surface area contributed by atoms with Crippen LogP contribution in [0.15, 0.2) is 11.1 Å². The van der Waals surface area contributed by atoms with E-state index in [4.69, 9.17) is 0 Å². The van der Waals surface area contributed by atoms with Gasteiger partial charge >= 0.3 is 11.9 Å². The minimum atomic E-state index is -0.502. The molecule has 5 nitrogen and oxygen atoms in total. The van der Waals surface area contributed by atoms with Crippen molar-refractivity contribution in [1.82, 2.24) is 0 Å². The van der Waals surface area contributed by atoms with Gasteiger partial charge < -0.3 is 9.47 Å². The number of ketones is 1. The fourth-order valence-electron chi connectivity index (χ4n) is 1.76. The Labute approximate surface area is 93.4 Å². The normalized spacial score (nSPS) is 19.9. The van der Waals surface area contributed by atoms with Gasteiger partial charge in [-0.3, -0.25) is 9.59 Å². The number of methoxy groups -OCH3 is 2. The Morgan fingerprint density at radius 2 is 1.94 bits per heavy atom. The Morgan fingerprint density at radius 1 is 1.31 bits per heavy atom. The van der Waals surface area contributed by atoms with E-state index in [9.17, 15) is 14.4 Å². The van der Waals surface area contributed by atoms with E-state index in [1.54, 1.807) is 6.92 Å². The molecule has 0 aromatic rings. The Kier molecular flexibility index (Phi) is 3.82. The summed E-state index contributed by atoms with van der Waals surface area (Å²) < 4.78 is 9.06. The number of rotatable bonds is 3. The molecule has 0 radical (unpaired) electrons. The fraction of sp³-hybridized carbons (Fsp3) is 0.545. The molecule has 1 atom stereocenters. The second-order valence-electron chi connectivity index (χ2n) is 3.64. The smallest absolute Gasteiger partial charge is 0.334 e. The molecule has 5 heteroatoms. The maximum Gasteiger partial charge on any atom is 0.334 e. The van der Waals surface area contributed by atoms with Gasteiger partial charge in [0, 0.05) is 17.1 Å². The first-order valence-corrected chi connectivity index (χ1v) is 4.90. The van der Waals surface area contributed by atoms with Crippen molar-refractivity contribution >= 4 is 17.7 Å². The van der Waals surface area contributed by atoms with Gasteiger partial charge in [0.15, 0.2) is 5.78 Å². The lowest BCUT2D eigenvalue weighted by Gasteiger charge is -2.06. The van der Waals surface area contributed by atoms with Crippen molar-refractivity contribution in [2.24, 2.45) is 5.92 Å². The second-order valence-corrected chi connectivity index (χ2v) is 3.64. The summed E-state index contributed by atoms with van der Waals surface area (Å²) in [7, 11) is 2.53. The van der Waals surface area contributed by atoms with Crippen molar-refractivity contribution < 1.29 is 23.9 Å². The third kappa shape index (κ3) is 2.29. The summed E-state index contributed by atoms with van der Waals surface area (Å²) in [4.78, 5) is 34.1. The minimum Gasteiger partial charge on any atom is -0.469 e. The highest BCUT2D eigenvalue weighted by Gasteiger charge is 2.35. The van der Waals surface area contributed by atoms with Crippen LogP contribution < -0.4 is 0 Å². The van der Waals surface area contributed by atoms with Gasteiger partial charge in [0.05, 0.1) is 20.6 Å². The molecular formula is C11H14O5. The van der Waals surface area contributed by atoms with Crippen LogP contribution in [0.4, 0.5) is 0 Å². The quantitative estimate of drug-likeness (QED) is 0.660. The maximum absolute atomic E-state index is 11.7. The van der Waals surface area contributed by atoms with Crippen molar-refractivity contribution in [2.45, 2.75) is 19.8 Å². The van der Waals surface area contributed by atoms with Crippen LogP contribution in [-0.2, 0) is 23.9 Å². The van der Waals surface area contributed by atoms with Crippen LogP contribution in [0.25, 0.3) is 0 Å². The van der Waals surface area contributed by atoms with E-state index in [2.05, 4.69) is 9.47 Å². The number of Topliss-reactive ketones (excluding diaryl/α,β-unsaturated/α-hetero) is 1. The molecule has 0 amide bonds. The van der Waals surface area contributed by atoms with Crippen LogP contribution >= 0.6 is 0 Å². The standard InChI is InChI=1S/C11H14O5/c1-6-8(11(14)16-3)4-7(10(6)13)5-9(12)15-2/h7H,4-5H2,1-3H3. The zero-order chi connectivity index (χ0) is 12.3. The predicted octanol–water partition coefficient (Wildman–Crippen LogP) is 0.628. The Hall–Kier alpha value is -1.65. The molecule has 0 saturated heterocycles. The maximum atomic E-state index is 11.7. The number of hydrogen-bond donors (Lipinski definition) is 0. The highest BCUT2D eigenvalue weighted by molar-refractivity contribution is 6.09. The Morgan fingerprint density at radius 3 is 2.44 bits per heavy atom. The third-order valence-corrected chi connectivity index (χ3v) is 2.72. The zero-order valence-corrected chi connectivity index (χ0v) is 9.53. The van der Waals surface area contributed by atoms with Crippen molar-refractivity contribution in [3.05, 3.63) is 11.1 Å².